The van der Waals surface area contributed by atoms with Crippen molar-refractivity contribution in [3.63, 3.8) is 0 Å². The van der Waals surface area contributed by atoms with Crippen LogP contribution in [0.1, 0.15) is 22.2 Å². The Morgan fingerprint density at radius 3 is 2.78 bits per heavy atom. The maximum Gasteiger partial charge on any atom is 0.0948 e. The van der Waals surface area contributed by atoms with Gasteiger partial charge in [0.1, 0.15) is 0 Å². The van der Waals surface area contributed by atoms with Gasteiger partial charge in [-0.15, -0.1) is 11.3 Å². The predicted molar refractivity (Wildman–Crippen MR) is 72.5 cm³/mol. The van der Waals surface area contributed by atoms with Gasteiger partial charge in [-0.3, -0.25) is 4.98 Å². The molecule has 4 nitrogen and oxygen atoms in total. The molecule has 96 valence electrons. The van der Waals surface area contributed by atoms with Crippen LogP contribution in [0.2, 0.25) is 0 Å². The Hall–Kier alpha value is -1.30. The van der Waals surface area contributed by atoms with Gasteiger partial charge < -0.3 is 10.5 Å². The van der Waals surface area contributed by atoms with Crippen molar-refractivity contribution < 1.29 is 4.74 Å². The van der Waals surface area contributed by atoms with Gasteiger partial charge in [0, 0.05) is 30.2 Å². The molecule has 0 aromatic carbocycles. The SMILES string of the molecule is Cc1ncsc1CCOC(CN)c1ccncc1. The van der Waals surface area contributed by atoms with Gasteiger partial charge in [0.25, 0.3) is 0 Å². The third kappa shape index (κ3) is 3.35. The minimum atomic E-state index is -0.0544. The van der Waals surface area contributed by atoms with Gasteiger partial charge in [-0.25, -0.2) is 4.98 Å². The highest BCUT2D eigenvalue weighted by Crippen LogP contribution is 2.17. The van der Waals surface area contributed by atoms with Crippen LogP contribution in [0.15, 0.2) is 30.0 Å². The number of hydrogen-bond acceptors (Lipinski definition) is 5. The van der Waals surface area contributed by atoms with Crippen molar-refractivity contribution in [2.45, 2.75) is 19.4 Å². The first-order chi connectivity index (χ1) is 8.81. The molecule has 0 fully saturated rings. The zero-order valence-corrected chi connectivity index (χ0v) is 11.2. The second-order valence-electron chi connectivity index (χ2n) is 3.99. The summed E-state index contributed by atoms with van der Waals surface area (Å²) in [5.74, 6) is 0. The molecule has 2 N–H and O–H groups in total. The van der Waals surface area contributed by atoms with Gasteiger partial charge in [0.2, 0.25) is 0 Å². The van der Waals surface area contributed by atoms with Gasteiger partial charge in [0.15, 0.2) is 0 Å². The molecule has 1 atom stereocenters. The average molecular weight is 263 g/mol. The van der Waals surface area contributed by atoms with E-state index in [0.29, 0.717) is 13.2 Å². The first-order valence-corrected chi connectivity index (χ1v) is 6.79. The maximum atomic E-state index is 5.83. The molecule has 2 aromatic rings. The second kappa shape index (κ2) is 6.58. The van der Waals surface area contributed by atoms with Crippen LogP contribution in [0.25, 0.3) is 0 Å². The van der Waals surface area contributed by atoms with E-state index < -0.39 is 0 Å². The Labute approximate surface area is 111 Å². The van der Waals surface area contributed by atoms with Crippen molar-refractivity contribution >= 4 is 11.3 Å². The van der Waals surface area contributed by atoms with E-state index in [9.17, 15) is 0 Å². The summed E-state index contributed by atoms with van der Waals surface area (Å²) < 4.78 is 5.83. The van der Waals surface area contributed by atoms with Crippen molar-refractivity contribution in [1.29, 1.82) is 0 Å². The smallest absolute Gasteiger partial charge is 0.0948 e. The molecule has 0 aliphatic rings. The number of aromatic nitrogens is 2. The normalized spacial score (nSPS) is 12.6. The molecular weight excluding hydrogens is 246 g/mol. The summed E-state index contributed by atoms with van der Waals surface area (Å²) in [6.07, 6.45) is 4.35. The monoisotopic (exact) mass is 263 g/mol. The average Bonchev–Trinajstić information content (AvgIpc) is 2.81. The molecular formula is C13H17N3OS. The number of rotatable bonds is 6. The zero-order valence-electron chi connectivity index (χ0n) is 10.4. The minimum absolute atomic E-state index is 0.0544. The summed E-state index contributed by atoms with van der Waals surface area (Å²) in [4.78, 5) is 9.49. The Morgan fingerprint density at radius 2 is 2.17 bits per heavy atom. The fourth-order valence-corrected chi connectivity index (χ4v) is 2.50. The van der Waals surface area contributed by atoms with Crippen molar-refractivity contribution in [2.75, 3.05) is 13.2 Å². The molecule has 2 rings (SSSR count). The Bertz CT molecular complexity index is 472. The highest BCUT2D eigenvalue weighted by molar-refractivity contribution is 7.09. The Kier molecular flexibility index (Phi) is 4.81. The van der Waals surface area contributed by atoms with Crippen LogP contribution in [-0.4, -0.2) is 23.1 Å². The van der Waals surface area contributed by atoms with Gasteiger partial charge >= 0.3 is 0 Å². The van der Waals surface area contributed by atoms with Crippen LogP contribution in [0.4, 0.5) is 0 Å². The lowest BCUT2D eigenvalue weighted by molar-refractivity contribution is 0.0611. The maximum absolute atomic E-state index is 5.83. The summed E-state index contributed by atoms with van der Waals surface area (Å²) >= 11 is 1.67. The third-order valence-electron chi connectivity index (χ3n) is 2.78. The second-order valence-corrected chi connectivity index (χ2v) is 4.93. The van der Waals surface area contributed by atoms with E-state index >= 15 is 0 Å². The molecule has 0 radical (unpaired) electrons. The summed E-state index contributed by atoms with van der Waals surface area (Å²) in [5, 5.41) is 0. The topological polar surface area (TPSA) is 61.0 Å². The number of thiazole rings is 1. The largest absolute Gasteiger partial charge is 0.372 e. The highest BCUT2D eigenvalue weighted by atomic mass is 32.1. The van der Waals surface area contributed by atoms with E-state index in [0.717, 1.165) is 17.7 Å². The fraction of sp³-hybridized carbons (Fsp3) is 0.385. The summed E-state index contributed by atoms with van der Waals surface area (Å²) in [6, 6.07) is 3.88. The van der Waals surface area contributed by atoms with E-state index in [1.807, 2.05) is 24.6 Å². The molecule has 2 heterocycles. The standard InChI is InChI=1S/C13H17N3OS/c1-10-13(18-9-16-10)4-7-17-12(8-14)11-2-5-15-6-3-11/h2-3,5-6,9,12H,4,7-8,14H2,1H3. The lowest BCUT2D eigenvalue weighted by Gasteiger charge is -2.15. The predicted octanol–water partition coefficient (Wildman–Crippen LogP) is 2.11. The Balaban J connectivity index is 1.87. The Morgan fingerprint density at radius 1 is 1.39 bits per heavy atom. The molecule has 1 unspecified atom stereocenters. The van der Waals surface area contributed by atoms with Crippen LogP contribution >= 0.6 is 11.3 Å². The van der Waals surface area contributed by atoms with E-state index in [4.69, 9.17) is 10.5 Å². The zero-order chi connectivity index (χ0) is 12.8. The van der Waals surface area contributed by atoms with E-state index in [-0.39, 0.29) is 6.10 Å². The van der Waals surface area contributed by atoms with Crippen LogP contribution in [0, 0.1) is 6.92 Å². The summed E-state index contributed by atoms with van der Waals surface area (Å²) in [5.41, 5.74) is 9.78. The lowest BCUT2D eigenvalue weighted by atomic mass is 10.1. The van der Waals surface area contributed by atoms with Crippen molar-refractivity contribution in [3.05, 3.63) is 46.2 Å². The molecule has 2 aromatic heterocycles. The first kappa shape index (κ1) is 13.1. The van der Waals surface area contributed by atoms with E-state index in [1.54, 1.807) is 23.7 Å². The van der Waals surface area contributed by atoms with Gasteiger partial charge in [-0.05, 0) is 24.6 Å². The molecule has 0 aliphatic carbocycles. The molecule has 0 amide bonds. The number of ether oxygens (including phenoxy) is 1. The van der Waals surface area contributed by atoms with Crippen LogP contribution in [-0.2, 0) is 11.2 Å². The molecule has 0 saturated carbocycles. The molecule has 0 aliphatic heterocycles. The lowest BCUT2D eigenvalue weighted by Crippen LogP contribution is -2.17. The van der Waals surface area contributed by atoms with Crippen molar-refractivity contribution in [2.24, 2.45) is 5.73 Å². The number of nitrogens with two attached hydrogens (primary N) is 1. The number of hydrogen-bond donors (Lipinski definition) is 1. The summed E-state index contributed by atoms with van der Waals surface area (Å²) in [6.45, 7) is 3.16. The van der Waals surface area contributed by atoms with Gasteiger partial charge in [-0.1, -0.05) is 0 Å². The molecule has 0 spiro atoms. The minimum Gasteiger partial charge on any atom is -0.372 e. The van der Waals surface area contributed by atoms with Crippen molar-refractivity contribution in [1.82, 2.24) is 9.97 Å². The van der Waals surface area contributed by atoms with Crippen LogP contribution in [0.3, 0.4) is 0 Å². The number of nitrogens with zero attached hydrogens (tertiary/aromatic N) is 2. The molecule has 0 saturated heterocycles. The quantitative estimate of drug-likeness (QED) is 0.867. The highest BCUT2D eigenvalue weighted by Gasteiger charge is 2.10. The van der Waals surface area contributed by atoms with Gasteiger partial charge in [-0.2, -0.15) is 0 Å². The van der Waals surface area contributed by atoms with E-state index in [1.165, 1.54) is 4.88 Å². The van der Waals surface area contributed by atoms with E-state index in [2.05, 4.69) is 9.97 Å². The molecule has 0 bridgehead atoms. The van der Waals surface area contributed by atoms with Gasteiger partial charge in [0.05, 0.1) is 23.9 Å². The third-order valence-corrected chi connectivity index (χ3v) is 3.78. The number of pyridine rings is 1. The van der Waals surface area contributed by atoms with Crippen LogP contribution in [0.5, 0.6) is 0 Å². The van der Waals surface area contributed by atoms with Crippen LogP contribution < -0.4 is 5.73 Å². The number of aryl methyl sites for hydroxylation is 1. The molecule has 18 heavy (non-hydrogen) atoms. The fourth-order valence-electron chi connectivity index (χ4n) is 1.74. The first-order valence-electron chi connectivity index (χ1n) is 5.92. The molecule has 5 heteroatoms. The summed E-state index contributed by atoms with van der Waals surface area (Å²) in [7, 11) is 0. The van der Waals surface area contributed by atoms with Crippen molar-refractivity contribution in [3.8, 4) is 0 Å².